The first-order valence-corrected chi connectivity index (χ1v) is 9.20. The fraction of sp³-hybridized carbons (Fsp3) is 0.571. The molecular weight excluding hydrogens is 310 g/mol. The predicted molar refractivity (Wildman–Crippen MR) is 84.2 cm³/mol. The van der Waals surface area contributed by atoms with Crippen LogP contribution in [0.3, 0.4) is 0 Å². The maximum absolute atomic E-state index is 12.8. The van der Waals surface area contributed by atoms with E-state index in [1.165, 1.54) is 17.5 Å². The number of nitrogens with zero attached hydrogens (tertiary/aromatic N) is 1. The van der Waals surface area contributed by atoms with Gasteiger partial charge in [-0.15, -0.1) is 0 Å². The van der Waals surface area contributed by atoms with Crippen molar-refractivity contribution in [1.82, 2.24) is 4.31 Å². The number of thioether (sulfide) groups is 1. The molecule has 0 radical (unpaired) electrons. The summed E-state index contributed by atoms with van der Waals surface area (Å²) in [6.45, 7) is 4.93. The summed E-state index contributed by atoms with van der Waals surface area (Å²) in [7, 11) is -2.14. The van der Waals surface area contributed by atoms with E-state index >= 15 is 0 Å². The smallest absolute Gasteiger partial charge is 0.246 e. The van der Waals surface area contributed by atoms with Gasteiger partial charge in [0.15, 0.2) is 0 Å². The molecular formula is C14H21NO4S2. The third-order valence-electron chi connectivity index (χ3n) is 3.41. The molecule has 2 rings (SSSR count). The van der Waals surface area contributed by atoms with E-state index in [0.717, 1.165) is 0 Å². The summed E-state index contributed by atoms with van der Waals surface area (Å²) in [5, 5.41) is 9.69. The lowest BCUT2D eigenvalue weighted by atomic mass is 10.2. The Morgan fingerprint density at radius 3 is 2.48 bits per heavy atom. The summed E-state index contributed by atoms with van der Waals surface area (Å²) in [5.41, 5.74) is 0.627. The van der Waals surface area contributed by atoms with Gasteiger partial charge in [0.25, 0.3) is 0 Å². The van der Waals surface area contributed by atoms with E-state index in [4.69, 9.17) is 9.84 Å². The Bertz CT molecular complexity index is 593. The average molecular weight is 331 g/mol. The van der Waals surface area contributed by atoms with E-state index in [1.807, 2.05) is 13.8 Å². The minimum Gasteiger partial charge on any atom is -0.495 e. The fourth-order valence-corrected chi connectivity index (χ4v) is 5.76. The van der Waals surface area contributed by atoms with Crippen molar-refractivity contribution < 1.29 is 18.3 Å². The van der Waals surface area contributed by atoms with E-state index in [9.17, 15) is 8.42 Å². The van der Waals surface area contributed by atoms with Crippen LogP contribution in [0.15, 0.2) is 23.1 Å². The summed E-state index contributed by atoms with van der Waals surface area (Å²) in [4.78, 5) is 0.161. The highest BCUT2D eigenvalue weighted by atomic mass is 32.2. The van der Waals surface area contributed by atoms with Crippen LogP contribution >= 0.6 is 11.8 Å². The highest BCUT2D eigenvalue weighted by Gasteiger charge is 2.33. The van der Waals surface area contributed by atoms with Crippen molar-refractivity contribution >= 4 is 21.8 Å². The first-order chi connectivity index (χ1) is 9.88. The molecule has 0 saturated carbocycles. The summed E-state index contributed by atoms with van der Waals surface area (Å²) in [5.74, 6) is 0.278. The second-order valence-corrected chi connectivity index (χ2v) is 9.01. The highest BCUT2D eigenvalue weighted by molar-refractivity contribution is 8.00. The molecule has 1 aliphatic heterocycles. The minimum absolute atomic E-state index is 0.148. The SMILES string of the molecule is COc1cc(CO)ccc1S(=O)(=O)N1CC(C)SC(C)C1. The normalized spacial score (nSPS) is 24.0. The molecule has 0 aromatic heterocycles. The zero-order chi connectivity index (χ0) is 15.6. The number of hydrogen-bond acceptors (Lipinski definition) is 5. The lowest BCUT2D eigenvalue weighted by Crippen LogP contribution is -2.44. The quantitative estimate of drug-likeness (QED) is 0.910. The van der Waals surface area contributed by atoms with E-state index in [0.29, 0.717) is 18.7 Å². The molecule has 5 nitrogen and oxygen atoms in total. The van der Waals surface area contributed by atoms with E-state index in [1.54, 1.807) is 23.9 Å². The van der Waals surface area contributed by atoms with Gasteiger partial charge in [0, 0.05) is 23.6 Å². The van der Waals surface area contributed by atoms with Crippen LogP contribution in [0, 0.1) is 0 Å². The molecule has 0 bridgehead atoms. The van der Waals surface area contributed by atoms with Gasteiger partial charge in [-0.1, -0.05) is 19.9 Å². The lowest BCUT2D eigenvalue weighted by molar-refractivity contribution is 0.280. The molecule has 0 amide bonds. The van der Waals surface area contributed by atoms with Crippen LogP contribution in [0.25, 0.3) is 0 Å². The van der Waals surface area contributed by atoms with Gasteiger partial charge in [-0.05, 0) is 17.7 Å². The summed E-state index contributed by atoms with van der Waals surface area (Å²) >= 11 is 1.80. The van der Waals surface area contributed by atoms with Gasteiger partial charge >= 0.3 is 0 Å². The Morgan fingerprint density at radius 1 is 1.33 bits per heavy atom. The van der Waals surface area contributed by atoms with Crippen LogP contribution in [0.2, 0.25) is 0 Å². The largest absolute Gasteiger partial charge is 0.495 e. The number of ether oxygens (including phenoxy) is 1. The number of benzene rings is 1. The molecule has 1 heterocycles. The maximum Gasteiger partial charge on any atom is 0.246 e. The van der Waals surface area contributed by atoms with Gasteiger partial charge in [-0.2, -0.15) is 16.1 Å². The van der Waals surface area contributed by atoms with Crippen LogP contribution in [0.5, 0.6) is 5.75 Å². The zero-order valence-electron chi connectivity index (χ0n) is 12.4. The van der Waals surface area contributed by atoms with Crippen molar-refractivity contribution in [3.63, 3.8) is 0 Å². The van der Waals surface area contributed by atoms with Crippen LogP contribution in [-0.2, 0) is 16.6 Å². The first kappa shape index (κ1) is 16.6. The molecule has 2 atom stereocenters. The van der Waals surface area contributed by atoms with Crippen LogP contribution < -0.4 is 4.74 Å². The van der Waals surface area contributed by atoms with Crippen LogP contribution in [0.1, 0.15) is 19.4 Å². The second kappa shape index (κ2) is 6.56. The number of rotatable bonds is 4. The van der Waals surface area contributed by atoms with Crippen LogP contribution in [0.4, 0.5) is 0 Å². The van der Waals surface area contributed by atoms with Crippen molar-refractivity contribution in [3.8, 4) is 5.75 Å². The van der Waals surface area contributed by atoms with E-state index in [2.05, 4.69) is 0 Å². The molecule has 1 saturated heterocycles. The molecule has 0 spiro atoms. The Hall–Kier alpha value is -0.760. The third-order valence-corrected chi connectivity index (χ3v) is 6.51. The van der Waals surface area contributed by atoms with Crippen molar-refractivity contribution in [3.05, 3.63) is 23.8 Å². The van der Waals surface area contributed by atoms with E-state index < -0.39 is 10.0 Å². The van der Waals surface area contributed by atoms with Gasteiger partial charge in [0.1, 0.15) is 10.6 Å². The molecule has 1 aliphatic rings. The zero-order valence-corrected chi connectivity index (χ0v) is 14.1. The predicted octanol–water partition coefficient (Wildman–Crippen LogP) is 1.70. The number of methoxy groups -OCH3 is 1. The highest BCUT2D eigenvalue weighted by Crippen LogP contribution is 2.32. The van der Waals surface area contributed by atoms with Crippen molar-refractivity contribution in [1.29, 1.82) is 0 Å². The maximum atomic E-state index is 12.8. The molecule has 1 aromatic carbocycles. The first-order valence-electron chi connectivity index (χ1n) is 6.82. The standard InChI is InChI=1S/C14H21NO4S2/c1-10-7-15(8-11(2)20-10)21(17,18)14-5-4-12(9-16)6-13(14)19-3/h4-6,10-11,16H,7-9H2,1-3H3. The molecule has 2 unspecified atom stereocenters. The Morgan fingerprint density at radius 2 is 1.95 bits per heavy atom. The van der Waals surface area contributed by atoms with Gasteiger partial charge in [0.2, 0.25) is 10.0 Å². The van der Waals surface area contributed by atoms with Crippen molar-refractivity contribution in [2.24, 2.45) is 0 Å². The molecule has 118 valence electrons. The number of aliphatic hydroxyl groups excluding tert-OH is 1. The minimum atomic E-state index is -3.58. The Balaban J connectivity index is 2.39. The molecule has 7 heteroatoms. The number of aliphatic hydroxyl groups is 1. The van der Waals surface area contributed by atoms with Gasteiger partial charge in [-0.3, -0.25) is 0 Å². The second-order valence-electron chi connectivity index (χ2n) is 5.22. The number of sulfonamides is 1. The summed E-state index contributed by atoms with van der Waals surface area (Å²) < 4.78 is 32.4. The monoisotopic (exact) mass is 331 g/mol. The Kier molecular flexibility index (Phi) is 5.19. The molecule has 0 aliphatic carbocycles. The van der Waals surface area contributed by atoms with Gasteiger partial charge < -0.3 is 9.84 Å². The van der Waals surface area contributed by atoms with Gasteiger partial charge in [0.05, 0.1) is 13.7 Å². The van der Waals surface area contributed by atoms with Gasteiger partial charge in [-0.25, -0.2) is 8.42 Å². The van der Waals surface area contributed by atoms with Crippen LogP contribution in [-0.4, -0.2) is 48.5 Å². The van der Waals surface area contributed by atoms with Crippen molar-refractivity contribution in [2.45, 2.75) is 35.8 Å². The Labute approximate surface area is 130 Å². The molecule has 21 heavy (non-hydrogen) atoms. The topological polar surface area (TPSA) is 66.8 Å². The molecule has 1 N–H and O–H groups in total. The summed E-state index contributed by atoms with van der Waals surface area (Å²) in [6.07, 6.45) is 0. The summed E-state index contributed by atoms with van der Waals surface area (Å²) in [6, 6.07) is 4.69. The molecule has 1 aromatic rings. The fourth-order valence-electron chi connectivity index (χ4n) is 2.49. The number of hydrogen-bond donors (Lipinski definition) is 1. The lowest BCUT2D eigenvalue weighted by Gasteiger charge is -2.33. The molecule has 1 fully saturated rings. The average Bonchev–Trinajstić information content (AvgIpc) is 2.45. The van der Waals surface area contributed by atoms with E-state index in [-0.39, 0.29) is 27.8 Å². The third kappa shape index (κ3) is 3.53. The van der Waals surface area contributed by atoms with Crippen molar-refractivity contribution in [2.75, 3.05) is 20.2 Å².